The molecule has 2 aromatic heterocycles. The third-order valence-corrected chi connectivity index (χ3v) is 4.08. The van der Waals surface area contributed by atoms with Gasteiger partial charge in [-0.15, -0.1) is 0 Å². The van der Waals surface area contributed by atoms with Gasteiger partial charge in [0.05, 0.1) is 5.56 Å². The van der Waals surface area contributed by atoms with Crippen LogP contribution < -0.4 is 17.0 Å². The fourth-order valence-electron chi connectivity index (χ4n) is 2.61. The second-order valence-corrected chi connectivity index (χ2v) is 6.27. The van der Waals surface area contributed by atoms with Crippen LogP contribution in [-0.4, -0.2) is 32.9 Å². The standard InChI is InChI=1S/C17H19ClN4O5/c1-4-5-22-14(19)12(15(24)21-17(22)26)10(23)7-27-16(25)11-8(2)6-9(3)20-13(11)18/h6H,4-5,7,19H2,1-3H3,(H,21,24,26). The van der Waals surface area contributed by atoms with Crippen molar-refractivity contribution in [3.8, 4) is 0 Å². The van der Waals surface area contributed by atoms with Crippen LogP contribution >= 0.6 is 11.6 Å². The van der Waals surface area contributed by atoms with Crippen LogP contribution in [0.3, 0.4) is 0 Å². The molecular formula is C17H19ClN4O5. The molecule has 0 aliphatic heterocycles. The van der Waals surface area contributed by atoms with Crippen molar-refractivity contribution in [3.05, 3.63) is 54.4 Å². The Morgan fingerprint density at radius 1 is 1.30 bits per heavy atom. The molecule has 0 aliphatic rings. The fourth-order valence-corrected chi connectivity index (χ4v) is 2.97. The lowest BCUT2D eigenvalue weighted by atomic mass is 10.1. The van der Waals surface area contributed by atoms with E-state index in [1.54, 1.807) is 19.9 Å². The Kier molecular flexibility index (Phi) is 6.17. The molecule has 0 saturated heterocycles. The molecule has 9 nitrogen and oxygen atoms in total. The first-order valence-corrected chi connectivity index (χ1v) is 8.51. The summed E-state index contributed by atoms with van der Waals surface area (Å²) in [5, 5.41) is -0.0428. The molecule has 2 rings (SSSR count). The van der Waals surface area contributed by atoms with E-state index < -0.39 is 35.2 Å². The first kappa shape index (κ1) is 20.4. The first-order chi connectivity index (χ1) is 12.7. The maximum absolute atomic E-state index is 12.4. The lowest BCUT2D eigenvalue weighted by Crippen LogP contribution is -2.37. The Balaban J connectivity index is 2.27. The largest absolute Gasteiger partial charge is 0.454 e. The molecule has 144 valence electrons. The number of H-pyrrole nitrogens is 1. The molecule has 0 radical (unpaired) electrons. The van der Waals surface area contributed by atoms with E-state index in [1.807, 2.05) is 11.9 Å². The van der Waals surface area contributed by atoms with Crippen molar-refractivity contribution in [2.24, 2.45) is 0 Å². The quantitative estimate of drug-likeness (QED) is 0.427. The number of ether oxygens (including phenoxy) is 1. The first-order valence-electron chi connectivity index (χ1n) is 8.14. The highest BCUT2D eigenvalue weighted by molar-refractivity contribution is 6.32. The minimum atomic E-state index is -0.933. The molecule has 2 aromatic rings. The number of rotatable bonds is 6. The van der Waals surface area contributed by atoms with E-state index in [2.05, 4.69) is 4.98 Å². The van der Waals surface area contributed by atoms with E-state index in [0.717, 1.165) is 4.57 Å². The van der Waals surface area contributed by atoms with Gasteiger partial charge in [-0.25, -0.2) is 14.6 Å². The summed E-state index contributed by atoms with van der Waals surface area (Å²) < 4.78 is 6.06. The number of pyridine rings is 1. The Labute approximate surface area is 159 Å². The van der Waals surface area contributed by atoms with Gasteiger partial charge in [-0.1, -0.05) is 18.5 Å². The number of carbonyl (C=O) groups excluding carboxylic acids is 2. The van der Waals surface area contributed by atoms with Crippen LogP contribution in [0.5, 0.6) is 0 Å². The van der Waals surface area contributed by atoms with Crippen molar-refractivity contribution < 1.29 is 14.3 Å². The molecule has 0 atom stereocenters. The number of carbonyl (C=O) groups is 2. The summed E-state index contributed by atoms with van der Waals surface area (Å²) in [6.07, 6.45) is 0.566. The Morgan fingerprint density at radius 2 is 1.96 bits per heavy atom. The smallest absolute Gasteiger partial charge is 0.342 e. The van der Waals surface area contributed by atoms with Crippen LogP contribution in [-0.2, 0) is 11.3 Å². The predicted octanol–water partition coefficient (Wildman–Crippen LogP) is 1.23. The van der Waals surface area contributed by atoms with E-state index in [1.165, 1.54) is 0 Å². The molecule has 2 heterocycles. The molecule has 0 bridgehead atoms. The third kappa shape index (κ3) is 4.25. The van der Waals surface area contributed by atoms with E-state index in [9.17, 15) is 19.2 Å². The summed E-state index contributed by atoms with van der Waals surface area (Å²) in [7, 11) is 0. The predicted molar refractivity (Wildman–Crippen MR) is 99.4 cm³/mol. The zero-order valence-electron chi connectivity index (χ0n) is 15.1. The van der Waals surface area contributed by atoms with Crippen molar-refractivity contribution in [1.29, 1.82) is 0 Å². The van der Waals surface area contributed by atoms with Gasteiger partial charge >= 0.3 is 11.7 Å². The van der Waals surface area contributed by atoms with Crippen LogP contribution in [0.15, 0.2) is 15.7 Å². The maximum Gasteiger partial charge on any atom is 0.342 e. The molecule has 0 amide bonds. The zero-order valence-corrected chi connectivity index (χ0v) is 15.8. The van der Waals surface area contributed by atoms with E-state index in [-0.39, 0.29) is 23.1 Å². The number of aryl methyl sites for hydroxylation is 2. The van der Waals surface area contributed by atoms with Crippen molar-refractivity contribution in [1.82, 2.24) is 14.5 Å². The van der Waals surface area contributed by atoms with E-state index in [4.69, 9.17) is 22.1 Å². The second kappa shape index (κ2) is 8.17. The minimum absolute atomic E-state index is 0.0351. The summed E-state index contributed by atoms with van der Waals surface area (Å²) >= 11 is 5.98. The summed E-state index contributed by atoms with van der Waals surface area (Å²) in [6, 6.07) is 1.65. The molecule has 0 fully saturated rings. The lowest BCUT2D eigenvalue weighted by Gasteiger charge is -2.12. The Hall–Kier alpha value is -2.94. The van der Waals surface area contributed by atoms with Gasteiger partial charge < -0.3 is 10.5 Å². The number of nitrogens with one attached hydrogen (secondary N) is 1. The van der Waals surface area contributed by atoms with Gasteiger partial charge in [-0.05, 0) is 31.9 Å². The average Bonchev–Trinajstić information content (AvgIpc) is 2.55. The fraction of sp³-hybridized carbons (Fsp3) is 0.353. The highest BCUT2D eigenvalue weighted by Crippen LogP contribution is 2.20. The summed E-state index contributed by atoms with van der Waals surface area (Å²) in [5.74, 6) is -1.95. The Bertz CT molecular complexity index is 1000. The minimum Gasteiger partial charge on any atom is -0.454 e. The summed E-state index contributed by atoms with van der Waals surface area (Å²) in [5.41, 5.74) is 4.94. The highest BCUT2D eigenvalue weighted by Gasteiger charge is 2.22. The topological polar surface area (TPSA) is 137 Å². The molecule has 10 heteroatoms. The van der Waals surface area contributed by atoms with Crippen LogP contribution in [0, 0.1) is 13.8 Å². The second-order valence-electron chi connectivity index (χ2n) is 5.92. The number of ketones is 1. The molecule has 0 unspecified atom stereocenters. The number of nitrogens with two attached hydrogens (primary N) is 1. The molecule has 3 N–H and O–H groups in total. The van der Waals surface area contributed by atoms with Crippen LogP contribution in [0.2, 0.25) is 5.15 Å². The van der Waals surface area contributed by atoms with Crippen LogP contribution in [0.4, 0.5) is 5.82 Å². The number of anilines is 1. The molecule has 0 aliphatic carbocycles. The molecule has 27 heavy (non-hydrogen) atoms. The van der Waals surface area contributed by atoms with E-state index >= 15 is 0 Å². The number of hydrogen-bond acceptors (Lipinski definition) is 7. The molecule has 0 aromatic carbocycles. The number of Topliss-reactive ketones (excluding diaryl/α,β-unsaturated/α-hetero) is 1. The zero-order chi connectivity index (χ0) is 20.3. The Morgan fingerprint density at radius 3 is 2.56 bits per heavy atom. The van der Waals surface area contributed by atoms with Gasteiger partial charge in [0.15, 0.2) is 6.61 Å². The number of halogens is 1. The van der Waals surface area contributed by atoms with Crippen molar-refractivity contribution in [2.75, 3.05) is 12.3 Å². The van der Waals surface area contributed by atoms with Gasteiger partial charge in [0.1, 0.15) is 16.5 Å². The highest BCUT2D eigenvalue weighted by atomic mass is 35.5. The average molecular weight is 395 g/mol. The monoisotopic (exact) mass is 394 g/mol. The summed E-state index contributed by atoms with van der Waals surface area (Å²) in [6.45, 7) is 4.67. The van der Waals surface area contributed by atoms with Gasteiger partial charge in [0.25, 0.3) is 5.56 Å². The molecule has 0 spiro atoms. The number of nitrogens with zero attached hydrogens (tertiary/aromatic N) is 2. The van der Waals surface area contributed by atoms with Gasteiger partial charge in [-0.3, -0.25) is 19.1 Å². The van der Waals surface area contributed by atoms with Crippen LogP contribution in [0.1, 0.15) is 45.3 Å². The SMILES string of the molecule is CCCn1c(N)c(C(=O)COC(=O)c2c(C)cc(C)nc2Cl)c(=O)[nH]c1=O. The number of aromatic amines is 1. The van der Waals surface area contributed by atoms with Crippen molar-refractivity contribution in [3.63, 3.8) is 0 Å². The number of esters is 1. The normalized spacial score (nSPS) is 10.7. The van der Waals surface area contributed by atoms with E-state index in [0.29, 0.717) is 17.7 Å². The van der Waals surface area contributed by atoms with Gasteiger partial charge in [0, 0.05) is 12.2 Å². The van der Waals surface area contributed by atoms with Crippen molar-refractivity contribution >= 4 is 29.2 Å². The third-order valence-electron chi connectivity index (χ3n) is 3.80. The molecule has 0 saturated carbocycles. The van der Waals surface area contributed by atoms with Crippen molar-refractivity contribution in [2.45, 2.75) is 33.7 Å². The number of aromatic nitrogens is 3. The lowest BCUT2D eigenvalue weighted by molar-refractivity contribution is 0.0473. The number of hydrogen-bond donors (Lipinski definition) is 2. The van der Waals surface area contributed by atoms with Crippen LogP contribution in [0.25, 0.3) is 0 Å². The maximum atomic E-state index is 12.4. The van der Waals surface area contributed by atoms with Gasteiger partial charge in [0.2, 0.25) is 5.78 Å². The number of nitrogen functional groups attached to an aromatic ring is 1. The summed E-state index contributed by atoms with van der Waals surface area (Å²) in [4.78, 5) is 54.4. The van der Waals surface area contributed by atoms with Gasteiger partial charge in [-0.2, -0.15) is 0 Å². The molecular weight excluding hydrogens is 376 g/mol.